The van der Waals surface area contributed by atoms with Crippen LogP contribution >= 0.6 is 0 Å². The largest absolute Gasteiger partial charge is 0.346 e. The van der Waals surface area contributed by atoms with Gasteiger partial charge >= 0.3 is 0 Å². The van der Waals surface area contributed by atoms with E-state index in [1.807, 2.05) is 52.8 Å². The molecule has 0 aliphatic heterocycles. The molecule has 2 N–H and O–H groups in total. The number of nitrogens with one attached hydrogen (secondary N) is 2. The van der Waals surface area contributed by atoms with Crippen LogP contribution < -0.4 is 10.6 Å². The van der Waals surface area contributed by atoms with Crippen LogP contribution in [0, 0.1) is 13.8 Å². The Bertz CT molecular complexity index is 776. The molecule has 1 aromatic heterocycles. The Kier molecular flexibility index (Phi) is 5.02. The number of hydrogen-bond acceptors (Lipinski definition) is 3. The summed E-state index contributed by atoms with van der Waals surface area (Å²) >= 11 is 0. The highest BCUT2D eigenvalue weighted by Crippen LogP contribution is 2.18. The second-order valence-electron chi connectivity index (χ2n) is 6.81. The molecule has 2 rings (SSSR count). The maximum atomic E-state index is 12.4. The number of nitrogens with zero attached hydrogens (tertiary/aromatic N) is 1. The van der Waals surface area contributed by atoms with Crippen molar-refractivity contribution in [1.29, 1.82) is 0 Å². The first kappa shape index (κ1) is 17.7. The Hall–Kier alpha value is -2.69. The second-order valence-corrected chi connectivity index (χ2v) is 6.81. The van der Waals surface area contributed by atoms with Gasteiger partial charge < -0.3 is 10.6 Å². The number of amides is 2. The van der Waals surface area contributed by atoms with Gasteiger partial charge in [-0.1, -0.05) is 18.2 Å². The summed E-state index contributed by atoms with van der Waals surface area (Å²) in [6, 6.07) is 10.6. The number of benzene rings is 1. The SMILES string of the molecule is Cc1cccc(NC(=O)c2cccc(C(=O)NC(C)(C)C)n2)c1C. The molecule has 2 amide bonds. The van der Waals surface area contributed by atoms with Crippen LogP contribution in [0.25, 0.3) is 0 Å². The molecule has 0 atom stereocenters. The van der Waals surface area contributed by atoms with Gasteiger partial charge in [0.25, 0.3) is 11.8 Å². The summed E-state index contributed by atoms with van der Waals surface area (Å²) in [4.78, 5) is 28.8. The van der Waals surface area contributed by atoms with Crippen LogP contribution in [-0.2, 0) is 0 Å². The van der Waals surface area contributed by atoms with Crippen molar-refractivity contribution in [2.45, 2.75) is 40.2 Å². The molecule has 0 fully saturated rings. The van der Waals surface area contributed by atoms with Gasteiger partial charge in [0.05, 0.1) is 0 Å². The van der Waals surface area contributed by atoms with Crippen LogP contribution in [0.2, 0.25) is 0 Å². The summed E-state index contributed by atoms with van der Waals surface area (Å²) in [7, 11) is 0. The lowest BCUT2D eigenvalue weighted by Crippen LogP contribution is -2.41. The van der Waals surface area contributed by atoms with Crippen molar-refractivity contribution < 1.29 is 9.59 Å². The smallest absolute Gasteiger partial charge is 0.274 e. The minimum absolute atomic E-state index is 0.206. The highest BCUT2D eigenvalue weighted by Gasteiger charge is 2.18. The third kappa shape index (κ3) is 4.41. The molecule has 0 bridgehead atoms. The average molecular weight is 325 g/mol. The van der Waals surface area contributed by atoms with E-state index < -0.39 is 0 Å². The van der Waals surface area contributed by atoms with E-state index in [1.165, 1.54) is 0 Å². The molecule has 5 nitrogen and oxygen atoms in total. The van der Waals surface area contributed by atoms with E-state index in [9.17, 15) is 9.59 Å². The Morgan fingerprint density at radius 3 is 2.12 bits per heavy atom. The standard InChI is InChI=1S/C19H23N3O2/c1-12-8-6-9-14(13(12)2)21-17(23)15-10-7-11-16(20-15)18(24)22-19(3,4)5/h6-11H,1-5H3,(H,21,23)(H,22,24). The highest BCUT2D eigenvalue weighted by molar-refractivity contribution is 6.04. The van der Waals surface area contributed by atoms with Crippen LogP contribution in [0.4, 0.5) is 5.69 Å². The van der Waals surface area contributed by atoms with Crippen molar-refractivity contribution >= 4 is 17.5 Å². The number of anilines is 1. The summed E-state index contributed by atoms with van der Waals surface area (Å²) in [6.45, 7) is 9.61. The zero-order valence-corrected chi connectivity index (χ0v) is 14.7. The number of hydrogen-bond donors (Lipinski definition) is 2. The minimum Gasteiger partial charge on any atom is -0.346 e. The summed E-state index contributed by atoms with van der Waals surface area (Å²) in [6.07, 6.45) is 0. The molecule has 1 aromatic carbocycles. The molecule has 0 saturated heterocycles. The first-order valence-electron chi connectivity index (χ1n) is 7.84. The van der Waals surface area contributed by atoms with Crippen molar-refractivity contribution in [2.24, 2.45) is 0 Å². The maximum absolute atomic E-state index is 12.4. The van der Waals surface area contributed by atoms with E-state index in [-0.39, 0.29) is 28.7 Å². The number of carbonyl (C=O) groups excluding carboxylic acids is 2. The van der Waals surface area contributed by atoms with Crippen LogP contribution in [-0.4, -0.2) is 22.3 Å². The Balaban J connectivity index is 2.20. The summed E-state index contributed by atoms with van der Waals surface area (Å²) in [5.74, 6) is -0.641. The fourth-order valence-corrected chi connectivity index (χ4v) is 2.17. The van der Waals surface area contributed by atoms with E-state index in [2.05, 4.69) is 15.6 Å². The molecule has 0 aliphatic rings. The van der Waals surface area contributed by atoms with Gasteiger partial charge in [0.1, 0.15) is 11.4 Å². The Labute approximate surface area is 142 Å². The van der Waals surface area contributed by atoms with Crippen molar-refractivity contribution in [2.75, 3.05) is 5.32 Å². The third-order valence-electron chi connectivity index (χ3n) is 3.56. The average Bonchev–Trinajstić information content (AvgIpc) is 2.50. The Morgan fingerprint density at radius 1 is 0.917 bits per heavy atom. The van der Waals surface area contributed by atoms with Gasteiger partial charge in [0.15, 0.2) is 0 Å². The van der Waals surface area contributed by atoms with Gasteiger partial charge in [-0.15, -0.1) is 0 Å². The first-order chi connectivity index (χ1) is 11.2. The predicted molar refractivity (Wildman–Crippen MR) is 95.3 cm³/mol. The minimum atomic E-state index is -0.365. The molecule has 24 heavy (non-hydrogen) atoms. The zero-order chi connectivity index (χ0) is 17.9. The van der Waals surface area contributed by atoms with Crippen LogP contribution in [0.3, 0.4) is 0 Å². The molecule has 0 saturated carbocycles. The lowest BCUT2D eigenvalue weighted by Gasteiger charge is -2.20. The van der Waals surface area contributed by atoms with Gasteiger partial charge in [0, 0.05) is 11.2 Å². The third-order valence-corrected chi connectivity index (χ3v) is 3.56. The van der Waals surface area contributed by atoms with Gasteiger partial charge in [-0.3, -0.25) is 9.59 Å². The van der Waals surface area contributed by atoms with Crippen LogP contribution in [0.1, 0.15) is 52.9 Å². The summed E-state index contributed by atoms with van der Waals surface area (Å²) < 4.78 is 0. The molecule has 0 spiro atoms. The van der Waals surface area contributed by atoms with E-state index in [1.54, 1.807) is 18.2 Å². The second kappa shape index (κ2) is 6.83. The first-order valence-corrected chi connectivity index (χ1v) is 7.84. The number of carbonyl (C=O) groups is 2. The molecule has 0 unspecified atom stereocenters. The van der Waals surface area contributed by atoms with Crippen LogP contribution in [0.15, 0.2) is 36.4 Å². The molecule has 0 aliphatic carbocycles. The van der Waals surface area contributed by atoms with Gasteiger partial charge in [0.2, 0.25) is 0 Å². The van der Waals surface area contributed by atoms with Gasteiger partial charge in [-0.25, -0.2) is 4.98 Å². The fourth-order valence-electron chi connectivity index (χ4n) is 2.17. The van der Waals surface area contributed by atoms with E-state index in [0.29, 0.717) is 0 Å². The predicted octanol–water partition coefficient (Wildman–Crippen LogP) is 3.48. The highest BCUT2D eigenvalue weighted by atomic mass is 16.2. The summed E-state index contributed by atoms with van der Waals surface area (Å²) in [5.41, 5.74) is 2.91. The molecule has 5 heteroatoms. The topological polar surface area (TPSA) is 71.1 Å². The number of pyridine rings is 1. The normalized spacial score (nSPS) is 11.0. The zero-order valence-electron chi connectivity index (χ0n) is 14.7. The van der Waals surface area contributed by atoms with Crippen molar-refractivity contribution in [3.63, 3.8) is 0 Å². The lowest BCUT2D eigenvalue weighted by atomic mass is 10.1. The van der Waals surface area contributed by atoms with Gasteiger partial charge in [-0.05, 0) is 63.9 Å². The quantitative estimate of drug-likeness (QED) is 0.907. The van der Waals surface area contributed by atoms with Gasteiger partial charge in [-0.2, -0.15) is 0 Å². The number of aromatic nitrogens is 1. The molecule has 126 valence electrons. The number of rotatable bonds is 3. The van der Waals surface area contributed by atoms with E-state index >= 15 is 0 Å². The van der Waals surface area contributed by atoms with Crippen molar-refractivity contribution in [3.05, 3.63) is 58.9 Å². The van der Waals surface area contributed by atoms with Crippen LogP contribution in [0.5, 0.6) is 0 Å². The molecule has 1 heterocycles. The molecule has 0 radical (unpaired) electrons. The molecule has 2 aromatic rings. The monoisotopic (exact) mass is 325 g/mol. The number of aryl methyl sites for hydroxylation is 1. The van der Waals surface area contributed by atoms with Crippen molar-refractivity contribution in [3.8, 4) is 0 Å². The van der Waals surface area contributed by atoms with E-state index in [0.717, 1.165) is 16.8 Å². The maximum Gasteiger partial charge on any atom is 0.274 e. The van der Waals surface area contributed by atoms with Crippen molar-refractivity contribution in [1.82, 2.24) is 10.3 Å². The summed E-state index contributed by atoms with van der Waals surface area (Å²) in [5, 5.41) is 5.68. The molecular formula is C19H23N3O2. The molecular weight excluding hydrogens is 302 g/mol. The fraction of sp³-hybridized carbons (Fsp3) is 0.316. The van der Waals surface area contributed by atoms with E-state index in [4.69, 9.17) is 0 Å². The Morgan fingerprint density at radius 2 is 1.50 bits per heavy atom. The lowest BCUT2D eigenvalue weighted by molar-refractivity contribution is 0.0914.